The molecule has 0 saturated heterocycles. The molecule has 5 heteroatoms. The van der Waals surface area contributed by atoms with Gasteiger partial charge in [-0.1, -0.05) is 30.1 Å². The smallest absolute Gasteiger partial charge is 0.256 e. The Kier molecular flexibility index (Phi) is 4.04. The van der Waals surface area contributed by atoms with E-state index >= 15 is 0 Å². The molecule has 1 aromatic carbocycles. The van der Waals surface area contributed by atoms with Crippen molar-refractivity contribution in [3.63, 3.8) is 0 Å². The Morgan fingerprint density at radius 2 is 1.93 bits per heavy atom. The van der Waals surface area contributed by atoms with Gasteiger partial charge in [0.15, 0.2) is 0 Å². The van der Waals surface area contributed by atoms with Crippen molar-refractivity contribution >= 4 is 11.9 Å². The lowest BCUT2D eigenvalue weighted by Crippen LogP contribution is -2.05. The first kappa shape index (κ1) is 12.4. The predicted octanol–water partition coefficient (Wildman–Crippen LogP) is 3.42. The van der Waals surface area contributed by atoms with Crippen LogP contribution >= 0.6 is 11.9 Å². The first-order valence-electron chi connectivity index (χ1n) is 4.36. The van der Waals surface area contributed by atoms with Gasteiger partial charge in [-0.2, -0.15) is 13.2 Å². The number of alkyl halides is 3. The third kappa shape index (κ3) is 4.13. The molecular weight excluding hydrogens is 223 g/mol. The van der Waals surface area contributed by atoms with Crippen LogP contribution in [0, 0.1) is 0 Å². The fourth-order valence-corrected chi connectivity index (χ4v) is 1.63. The molecule has 0 bridgehead atoms. The van der Waals surface area contributed by atoms with Crippen LogP contribution in [0.3, 0.4) is 0 Å². The summed E-state index contributed by atoms with van der Waals surface area (Å²) in [5.74, 6) is 0.552. The van der Waals surface area contributed by atoms with Crippen LogP contribution in [0.4, 0.5) is 13.2 Å². The van der Waals surface area contributed by atoms with Gasteiger partial charge in [0, 0.05) is 5.75 Å². The van der Waals surface area contributed by atoms with Gasteiger partial charge in [0.1, 0.15) is 0 Å². The summed E-state index contributed by atoms with van der Waals surface area (Å²) in [5.41, 5.74) is 0.0999. The minimum Gasteiger partial charge on any atom is -0.256 e. The fraction of sp³-hybridized carbons (Fsp3) is 0.400. The molecule has 0 N–H and O–H groups in total. The van der Waals surface area contributed by atoms with Gasteiger partial charge >= 0.3 is 6.18 Å². The summed E-state index contributed by atoms with van der Waals surface area (Å²) in [5, 5.41) is 0. The molecule has 84 valence electrons. The van der Waals surface area contributed by atoms with E-state index in [0.717, 1.165) is 6.07 Å². The van der Waals surface area contributed by atoms with Crippen molar-refractivity contribution in [1.29, 1.82) is 0 Å². The molecule has 0 saturated carbocycles. The summed E-state index contributed by atoms with van der Waals surface area (Å²) >= 11 is 1.47. The third-order valence-electron chi connectivity index (χ3n) is 1.74. The van der Waals surface area contributed by atoms with Gasteiger partial charge in [0.05, 0.1) is 5.56 Å². The molecule has 1 aromatic rings. The maximum atomic E-state index is 12.3. The van der Waals surface area contributed by atoms with Gasteiger partial charge in [-0.05, 0) is 25.7 Å². The first-order valence-corrected chi connectivity index (χ1v) is 5.30. The summed E-state index contributed by atoms with van der Waals surface area (Å²) in [6.45, 7) is 0. The number of rotatable bonds is 3. The van der Waals surface area contributed by atoms with Crippen molar-refractivity contribution in [1.82, 2.24) is 4.31 Å². The number of hydrogen-bond acceptors (Lipinski definition) is 2. The molecule has 0 unspecified atom stereocenters. The van der Waals surface area contributed by atoms with E-state index in [1.807, 2.05) is 18.4 Å². The number of nitrogens with zero attached hydrogens (tertiary/aromatic N) is 1. The third-order valence-corrected chi connectivity index (χ3v) is 2.72. The molecule has 0 aromatic heterocycles. The van der Waals surface area contributed by atoms with Gasteiger partial charge in [-0.3, -0.25) is 4.31 Å². The molecule has 0 amide bonds. The zero-order valence-electron chi connectivity index (χ0n) is 8.51. The maximum Gasteiger partial charge on any atom is 0.416 e. The Balaban J connectivity index is 2.75. The second-order valence-corrected chi connectivity index (χ2v) is 4.56. The van der Waals surface area contributed by atoms with Crippen molar-refractivity contribution in [2.45, 2.75) is 11.9 Å². The Morgan fingerprint density at radius 3 is 2.47 bits per heavy atom. The standard InChI is InChI=1S/C10H12F3NS/c1-14(2)15-7-8-4-3-5-9(6-8)10(11,12)13/h3-6H,7H2,1-2H3. The van der Waals surface area contributed by atoms with Crippen molar-refractivity contribution in [2.24, 2.45) is 0 Å². The molecule has 0 heterocycles. The van der Waals surface area contributed by atoms with Gasteiger partial charge in [-0.15, -0.1) is 0 Å². The molecular formula is C10H12F3NS. The van der Waals surface area contributed by atoms with Crippen LogP contribution in [-0.2, 0) is 11.9 Å². The minimum atomic E-state index is -4.25. The van der Waals surface area contributed by atoms with E-state index in [-0.39, 0.29) is 0 Å². The number of halogens is 3. The van der Waals surface area contributed by atoms with Crippen LogP contribution in [-0.4, -0.2) is 18.4 Å². The number of hydrogen-bond donors (Lipinski definition) is 0. The Labute approximate surface area is 91.4 Å². The topological polar surface area (TPSA) is 3.24 Å². The van der Waals surface area contributed by atoms with Crippen LogP contribution < -0.4 is 0 Å². The van der Waals surface area contributed by atoms with Gasteiger partial charge in [0.25, 0.3) is 0 Å². The monoisotopic (exact) mass is 235 g/mol. The van der Waals surface area contributed by atoms with E-state index in [9.17, 15) is 13.2 Å². The molecule has 0 fully saturated rings. The van der Waals surface area contributed by atoms with Crippen LogP contribution in [0.1, 0.15) is 11.1 Å². The van der Waals surface area contributed by atoms with Crippen molar-refractivity contribution < 1.29 is 13.2 Å². The zero-order chi connectivity index (χ0) is 11.5. The highest BCUT2D eigenvalue weighted by molar-refractivity contribution is 7.96. The molecule has 0 radical (unpaired) electrons. The summed E-state index contributed by atoms with van der Waals surface area (Å²) in [6.07, 6.45) is -4.25. The predicted molar refractivity (Wildman–Crippen MR) is 56.4 cm³/mol. The Morgan fingerprint density at radius 1 is 1.27 bits per heavy atom. The van der Waals surface area contributed by atoms with E-state index in [1.54, 1.807) is 6.07 Å². The lowest BCUT2D eigenvalue weighted by atomic mass is 10.1. The van der Waals surface area contributed by atoms with E-state index in [2.05, 4.69) is 0 Å². The highest BCUT2D eigenvalue weighted by atomic mass is 32.2. The summed E-state index contributed by atoms with van der Waals surface area (Å²) < 4.78 is 38.9. The molecule has 1 rings (SSSR count). The summed E-state index contributed by atoms with van der Waals surface area (Å²) in [7, 11) is 3.72. The first-order chi connectivity index (χ1) is 6.89. The second-order valence-electron chi connectivity index (χ2n) is 3.28. The van der Waals surface area contributed by atoms with E-state index in [0.29, 0.717) is 11.3 Å². The van der Waals surface area contributed by atoms with Gasteiger partial charge in [0.2, 0.25) is 0 Å². The molecule has 0 aliphatic heterocycles. The molecule has 15 heavy (non-hydrogen) atoms. The van der Waals surface area contributed by atoms with Gasteiger partial charge in [-0.25, -0.2) is 0 Å². The Bertz CT molecular complexity index is 323. The molecule has 0 aliphatic rings. The maximum absolute atomic E-state index is 12.3. The number of benzene rings is 1. The summed E-state index contributed by atoms with van der Waals surface area (Å²) in [4.78, 5) is 0. The normalized spacial score (nSPS) is 12.1. The highest BCUT2D eigenvalue weighted by Gasteiger charge is 2.30. The fourth-order valence-electron chi connectivity index (χ4n) is 1.04. The SMILES string of the molecule is CN(C)SCc1cccc(C(F)(F)F)c1. The summed E-state index contributed by atoms with van der Waals surface area (Å²) in [6, 6.07) is 5.42. The van der Waals surface area contributed by atoms with E-state index in [4.69, 9.17) is 0 Å². The van der Waals surface area contributed by atoms with Crippen LogP contribution in [0.15, 0.2) is 24.3 Å². The quantitative estimate of drug-likeness (QED) is 0.738. The largest absolute Gasteiger partial charge is 0.416 e. The average molecular weight is 235 g/mol. The van der Waals surface area contributed by atoms with Crippen molar-refractivity contribution in [3.8, 4) is 0 Å². The zero-order valence-corrected chi connectivity index (χ0v) is 9.32. The van der Waals surface area contributed by atoms with Crippen molar-refractivity contribution in [3.05, 3.63) is 35.4 Å². The average Bonchev–Trinajstić information content (AvgIpc) is 2.14. The second kappa shape index (κ2) is 4.90. The van der Waals surface area contributed by atoms with Crippen LogP contribution in [0.5, 0.6) is 0 Å². The van der Waals surface area contributed by atoms with E-state index in [1.165, 1.54) is 24.1 Å². The van der Waals surface area contributed by atoms with E-state index < -0.39 is 11.7 Å². The molecule has 1 nitrogen and oxygen atoms in total. The van der Waals surface area contributed by atoms with Gasteiger partial charge < -0.3 is 0 Å². The Hall–Kier alpha value is -0.680. The lowest BCUT2D eigenvalue weighted by Gasteiger charge is -2.10. The minimum absolute atomic E-state index is 0.552. The molecule has 0 aliphatic carbocycles. The molecule has 0 atom stereocenters. The molecule has 0 spiro atoms. The lowest BCUT2D eigenvalue weighted by molar-refractivity contribution is -0.137. The van der Waals surface area contributed by atoms with Crippen LogP contribution in [0.25, 0.3) is 0 Å². The van der Waals surface area contributed by atoms with Crippen LogP contribution in [0.2, 0.25) is 0 Å². The van der Waals surface area contributed by atoms with Crippen molar-refractivity contribution in [2.75, 3.05) is 14.1 Å². The highest BCUT2D eigenvalue weighted by Crippen LogP contribution is 2.30.